The maximum atomic E-state index is 15.8. The van der Waals surface area contributed by atoms with Crippen LogP contribution in [0.1, 0.15) is 135 Å². The largest absolute Gasteiger partial charge is 0.481 e. The van der Waals surface area contributed by atoms with Crippen molar-refractivity contribution in [2.45, 2.75) is 117 Å². The van der Waals surface area contributed by atoms with E-state index in [0.29, 0.717) is 95.9 Å². The second-order valence-electron chi connectivity index (χ2n) is 19.5. The molecule has 4 aromatic heterocycles. The summed E-state index contributed by atoms with van der Waals surface area (Å²) < 4.78 is 83.7. The highest BCUT2D eigenvalue weighted by atomic mass is 19.1. The summed E-state index contributed by atoms with van der Waals surface area (Å²) in [4.78, 5) is 49.4. The van der Waals surface area contributed by atoms with Gasteiger partial charge in [0.05, 0.1) is 84.0 Å². The lowest BCUT2D eigenvalue weighted by molar-refractivity contribution is -0.143. The maximum Gasteiger partial charge on any atom is 0.306 e. The zero-order chi connectivity index (χ0) is 52.5. The van der Waals surface area contributed by atoms with E-state index in [2.05, 4.69) is 29.9 Å². The minimum atomic E-state index is -0.933. The highest BCUT2D eigenvalue weighted by Gasteiger charge is 2.43. The highest BCUT2D eigenvalue weighted by molar-refractivity contribution is 5.72. The van der Waals surface area contributed by atoms with Gasteiger partial charge in [0.15, 0.2) is 34.8 Å². The molecule has 6 aromatic rings. The lowest BCUT2D eigenvalue weighted by Crippen LogP contribution is -2.23. The molecule has 4 aliphatic rings. The third kappa shape index (κ3) is 10.7. The molecule has 2 fully saturated rings. The molecule has 14 nitrogen and oxygen atoms in total. The van der Waals surface area contributed by atoms with E-state index in [0.717, 1.165) is 49.2 Å². The summed E-state index contributed by atoms with van der Waals surface area (Å²) in [5.41, 5.74) is 5.53. The van der Waals surface area contributed by atoms with Gasteiger partial charge in [0, 0.05) is 35.1 Å². The number of hydrogen-bond donors (Lipinski definition) is 2. The van der Waals surface area contributed by atoms with Crippen molar-refractivity contribution < 1.29 is 56.3 Å². The van der Waals surface area contributed by atoms with Crippen molar-refractivity contribution in [3.8, 4) is 45.8 Å². The van der Waals surface area contributed by atoms with E-state index in [1.54, 1.807) is 39.8 Å². The number of fused-ring (bicyclic) bond motifs is 2. The average Bonchev–Trinajstić information content (AvgIpc) is 4.34. The van der Waals surface area contributed by atoms with E-state index in [9.17, 15) is 28.6 Å². The molecule has 0 radical (unpaired) electrons. The standard InChI is InChI=1S/2C28H29F2N3O4/c2*1-4-36-23-11-19(20(29)12-31-23)26-15(3)33-21(13-32-26)22-10-8-17-7-9-18(25(30)27(17)37-22)24(16-5-6-16)14(2)28(34)35/h2*7,9,11-14,16,22,24H,4-6,8,10H2,1-3H3,(H,34,35)/t2*14-,22?,24-/m00/s1. The predicted molar refractivity (Wildman–Crippen MR) is 263 cm³/mol. The fourth-order valence-corrected chi connectivity index (χ4v) is 10.4. The van der Waals surface area contributed by atoms with Gasteiger partial charge in [-0.2, -0.15) is 0 Å². The van der Waals surface area contributed by atoms with Crippen molar-refractivity contribution in [2.75, 3.05) is 13.2 Å². The molecule has 2 N–H and O–H groups in total. The van der Waals surface area contributed by atoms with Crippen LogP contribution in [0.5, 0.6) is 23.3 Å². The number of carboxylic acid groups (broad SMARTS) is 2. The minimum absolute atomic E-state index is 0.155. The molecule has 74 heavy (non-hydrogen) atoms. The number of pyridine rings is 2. The number of benzene rings is 2. The van der Waals surface area contributed by atoms with E-state index in [1.165, 1.54) is 24.5 Å². The van der Waals surface area contributed by atoms with Gasteiger partial charge in [0.1, 0.15) is 12.2 Å². The monoisotopic (exact) mass is 1020 g/mol. The van der Waals surface area contributed by atoms with Crippen LogP contribution in [0, 0.1) is 60.8 Å². The highest BCUT2D eigenvalue weighted by Crippen LogP contribution is 2.51. The first-order valence-corrected chi connectivity index (χ1v) is 25.2. The van der Waals surface area contributed by atoms with Gasteiger partial charge in [0.25, 0.3) is 0 Å². The number of hydrogen-bond acceptors (Lipinski definition) is 12. The van der Waals surface area contributed by atoms with Gasteiger partial charge >= 0.3 is 11.9 Å². The van der Waals surface area contributed by atoms with Crippen molar-refractivity contribution in [3.63, 3.8) is 0 Å². The molecule has 2 saturated carbocycles. The number of carbonyl (C=O) groups is 2. The summed E-state index contributed by atoms with van der Waals surface area (Å²) in [6.07, 6.45) is 10.1. The van der Waals surface area contributed by atoms with Crippen LogP contribution in [0.2, 0.25) is 0 Å². The average molecular weight is 1020 g/mol. The number of nitrogens with zero attached hydrogens (tertiary/aromatic N) is 6. The van der Waals surface area contributed by atoms with Crippen molar-refractivity contribution in [2.24, 2.45) is 23.7 Å². The summed E-state index contributed by atoms with van der Waals surface area (Å²) >= 11 is 0. The Morgan fingerprint density at radius 1 is 0.608 bits per heavy atom. The second kappa shape index (κ2) is 21.7. The SMILES string of the molecule is CCOc1cc(-c2ncc(C3CCc4ccc([C@H](C5CC5)[C@H](C)C(=O)O)c(F)c4O3)nc2C)c(F)cn1.CCOc1cc(-c2ncc(C3CCc4ccc([C@H](C5CC5)[C@H](C)C(=O)O)c(F)c4O3)nc2C)c(F)cn1. The number of aromatic nitrogens is 6. The van der Waals surface area contributed by atoms with Crippen LogP contribution in [0.3, 0.4) is 0 Å². The van der Waals surface area contributed by atoms with Crippen LogP contribution < -0.4 is 18.9 Å². The molecule has 2 aliphatic carbocycles. The van der Waals surface area contributed by atoms with E-state index >= 15 is 8.78 Å². The van der Waals surface area contributed by atoms with E-state index in [4.69, 9.17) is 18.9 Å². The Balaban J connectivity index is 0.000000182. The summed E-state index contributed by atoms with van der Waals surface area (Å²) in [6.45, 7) is 11.2. The molecule has 6 heterocycles. The molecule has 18 heteroatoms. The van der Waals surface area contributed by atoms with Crippen LogP contribution >= 0.6 is 0 Å². The Labute approximate surface area is 426 Å². The first kappa shape index (κ1) is 51.7. The zero-order valence-corrected chi connectivity index (χ0v) is 42.0. The molecule has 388 valence electrons. The summed E-state index contributed by atoms with van der Waals surface area (Å²) in [6, 6.07) is 10.1. The molecule has 6 atom stereocenters. The van der Waals surface area contributed by atoms with Crippen LogP contribution in [-0.2, 0) is 22.4 Å². The second-order valence-corrected chi connectivity index (χ2v) is 19.5. The third-order valence-corrected chi connectivity index (χ3v) is 14.5. The zero-order valence-electron chi connectivity index (χ0n) is 42.0. The predicted octanol–water partition coefficient (Wildman–Crippen LogP) is 11.6. The van der Waals surface area contributed by atoms with Gasteiger partial charge in [-0.25, -0.2) is 27.5 Å². The number of carboxylic acids is 2. The van der Waals surface area contributed by atoms with Crippen molar-refractivity contribution >= 4 is 11.9 Å². The maximum absolute atomic E-state index is 15.8. The molecule has 0 bridgehead atoms. The smallest absolute Gasteiger partial charge is 0.306 e. The molecule has 0 amide bonds. The molecule has 10 rings (SSSR count). The van der Waals surface area contributed by atoms with Crippen LogP contribution in [0.15, 0.2) is 61.2 Å². The van der Waals surface area contributed by atoms with E-state index in [1.807, 2.05) is 26.0 Å². The number of rotatable bonds is 16. The quantitative estimate of drug-likeness (QED) is 0.0871. The number of ether oxygens (including phenoxy) is 4. The molecule has 2 unspecified atom stereocenters. The molecule has 0 spiro atoms. The van der Waals surface area contributed by atoms with Gasteiger partial charge in [0.2, 0.25) is 11.8 Å². The topological polar surface area (TPSA) is 189 Å². The minimum Gasteiger partial charge on any atom is -0.481 e. The first-order valence-electron chi connectivity index (χ1n) is 25.2. The number of aryl methyl sites for hydroxylation is 4. The van der Waals surface area contributed by atoms with Crippen molar-refractivity contribution in [1.29, 1.82) is 0 Å². The van der Waals surface area contributed by atoms with Crippen LogP contribution in [0.25, 0.3) is 22.5 Å². The number of aliphatic carboxylic acids is 2. The van der Waals surface area contributed by atoms with Gasteiger partial charge < -0.3 is 29.2 Å². The molecular weight excluding hydrogens is 961 g/mol. The Kier molecular flexibility index (Phi) is 15.1. The number of halogens is 4. The third-order valence-electron chi connectivity index (χ3n) is 14.5. The van der Waals surface area contributed by atoms with Crippen LogP contribution in [-0.4, -0.2) is 65.3 Å². The Morgan fingerprint density at radius 2 is 1.00 bits per heavy atom. The van der Waals surface area contributed by atoms with Gasteiger partial charge in [-0.15, -0.1) is 0 Å². The lowest BCUT2D eigenvalue weighted by atomic mass is 9.82. The fraction of sp³-hybridized carbons (Fsp3) is 0.429. The summed E-state index contributed by atoms with van der Waals surface area (Å²) in [5.74, 6) is -4.88. The summed E-state index contributed by atoms with van der Waals surface area (Å²) in [5, 5.41) is 19.2. The summed E-state index contributed by atoms with van der Waals surface area (Å²) in [7, 11) is 0. The van der Waals surface area contributed by atoms with Crippen molar-refractivity contribution in [1.82, 2.24) is 29.9 Å². The molecule has 0 saturated heterocycles. The van der Waals surface area contributed by atoms with Gasteiger partial charge in [-0.1, -0.05) is 38.1 Å². The van der Waals surface area contributed by atoms with Gasteiger partial charge in [-0.05, 0) is 113 Å². The molecule has 2 aliphatic heterocycles. The first-order chi connectivity index (χ1) is 35.6. The molecular formula is C56H58F4N6O8. The fourth-order valence-electron chi connectivity index (χ4n) is 10.4. The van der Waals surface area contributed by atoms with Crippen molar-refractivity contribution in [3.05, 3.63) is 129 Å². The van der Waals surface area contributed by atoms with Crippen LogP contribution in [0.4, 0.5) is 17.6 Å². The Hall–Kier alpha value is -7.24. The lowest BCUT2D eigenvalue weighted by Gasteiger charge is -2.29. The van der Waals surface area contributed by atoms with E-state index in [-0.39, 0.29) is 34.5 Å². The van der Waals surface area contributed by atoms with Gasteiger partial charge in [-0.3, -0.25) is 29.5 Å². The van der Waals surface area contributed by atoms with E-state index < -0.39 is 71.1 Å². The Morgan fingerprint density at radius 3 is 1.34 bits per heavy atom. The Bertz CT molecular complexity index is 2890. The molecule has 2 aromatic carbocycles. The normalized spacial score (nSPS) is 18.5.